The zero-order chi connectivity index (χ0) is 20.6. The third-order valence-electron chi connectivity index (χ3n) is 5.26. The molecule has 1 aromatic carbocycles. The minimum Gasteiger partial charge on any atom is -0.478 e. The Labute approximate surface area is 168 Å². The van der Waals surface area contributed by atoms with Crippen LogP contribution in [-0.2, 0) is 23.2 Å². The van der Waals surface area contributed by atoms with Gasteiger partial charge in [0.15, 0.2) is 0 Å². The quantitative estimate of drug-likeness (QED) is 0.695. The molecule has 1 aliphatic rings. The Bertz CT molecular complexity index is 1110. The number of aromatic carboxylic acids is 1. The predicted molar refractivity (Wildman–Crippen MR) is 107 cm³/mol. The van der Waals surface area contributed by atoms with Crippen LogP contribution in [0.1, 0.15) is 39.7 Å². The van der Waals surface area contributed by atoms with Crippen molar-refractivity contribution in [3.8, 4) is 0 Å². The van der Waals surface area contributed by atoms with E-state index in [0.29, 0.717) is 32.0 Å². The van der Waals surface area contributed by atoms with Crippen LogP contribution in [0.5, 0.6) is 0 Å². The lowest BCUT2D eigenvalue weighted by Crippen LogP contribution is -2.45. The molecular formula is C22H23N3O4. The van der Waals surface area contributed by atoms with Crippen molar-refractivity contribution in [2.45, 2.75) is 32.4 Å². The van der Waals surface area contributed by atoms with Crippen molar-refractivity contribution >= 4 is 5.97 Å². The Morgan fingerprint density at radius 3 is 2.34 bits per heavy atom. The molecule has 1 aliphatic heterocycles. The van der Waals surface area contributed by atoms with Crippen LogP contribution in [0.15, 0.2) is 53.6 Å². The van der Waals surface area contributed by atoms with E-state index in [4.69, 9.17) is 4.74 Å². The second-order valence-corrected chi connectivity index (χ2v) is 7.94. The second-order valence-electron chi connectivity index (χ2n) is 7.94. The molecule has 0 spiro atoms. The minimum atomic E-state index is -0.974. The summed E-state index contributed by atoms with van der Waals surface area (Å²) in [7, 11) is 0. The van der Waals surface area contributed by atoms with E-state index in [0.717, 1.165) is 16.7 Å². The van der Waals surface area contributed by atoms with Crippen molar-refractivity contribution in [1.82, 2.24) is 14.3 Å². The van der Waals surface area contributed by atoms with Gasteiger partial charge in [-0.3, -0.25) is 9.48 Å². The van der Waals surface area contributed by atoms with E-state index in [1.807, 2.05) is 50.4 Å². The molecule has 3 aromatic rings. The number of pyridine rings is 1. The van der Waals surface area contributed by atoms with Gasteiger partial charge in [0, 0.05) is 18.5 Å². The van der Waals surface area contributed by atoms with E-state index in [9.17, 15) is 14.7 Å². The first kappa shape index (κ1) is 19.1. The fourth-order valence-corrected chi connectivity index (χ4v) is 3.56. The number of nitrogens with zero attached hydrogens (tertiary/aromatic N) is 3. The van der Waals surface area contributed by atoms with Gasteiger partial charge >= 0.3 is 5.97 Å². The summed E-state index contributed by atoms with van der Waals surface area (Å²) in [5, 5.41) is 14.1. The first-order chi connectivity index (χ1) is 13.8. The summed E-state index contributed by atoms with van der Waals surface area (Å²) in [4.78, 5) is 23.6. The highest BCUT2D eigenvalue weighted by Crippen LogP contribution is 2.33. The number of aryl methyl sites for hydroxylation is 1. The molecule has 4 rings (SSSR count). The van der Waals surface area contributed by atoms with Gasteiger partial charge in [0.1, 0.15) is 5.56 Å². The summed E-state index contributed by atoms with van der Waals surface area (Å²) in [6, 6.07) is 11.3. The molecule has 2 aromatic heterocycles. The van der Waals surface area contributed by atoms with Crippen LogP contribution >= 0.6 is 0 Å². The van der Waals surface area contributed by atoms with Gasteiger partial charge in [0.25, 0.3) is 5.56 Å². The number of hydrogen-bond donors (Lipinski definition) is 1. The van der Waals surface area contributed by atoms with Gasteiger partial charge in [-0.1, -0.05) is 30.3 Å². The van der Waals surface area contributed by atoms with Gasteiger partial charge in [-0.05, 0) is 30.5 Å². The molecule has 0 aliphatic carbocycles. The third-order valence-corrected chi connectivity index (χ3v) is 5.26. The summed E-state index contributed by atoms with van der Waals surface area (Å²) in [5.74, 6) is -0.974. The predicted octanol–water partition coefficient (Wildman–Crippen LogP) is 2.44. The number of carboxylic acids is 1. The van der Waals surface area contributed by atoms with E-state index in [1.165, 1.54) is 0 Å². The Morgan fingerprint density at radius 1 is 1.10 bits per heavy atom. The van der Waals surface area contributed by atoms with Crippen LogP contribution in [0.3, 0.4) is 0 Å². The van der Waals surface area contributed by atoms with Gasteiger partial charge in [-0.15, -0.1) is 0 Å². The molecule has 0 bridgehead atoms. The zero-order valence-corrected chi connectivity index (χ0v) is 16.5. The highest BCUT2D eigenvalue weighted by atomic mass is 16.5. The maximum absolute atomic E-state index is 12.0. The van der Waals surface area contributed by atoms with E-state index < -0.39 is 5.97 Å². The lowest BCUT2D eigenvalue weighted by Gasteiger charge is -2.36. The summed E-state index contributed by atoms with van der Waals surface area (Å²) in [5.41, 5.74) is 3.50. The number of ether oxygens (including phenoxy) is 1. The van der Waals surface area contributed by atoms with Crippen molar-refractivity contribution in [2.75, 3.05) is 13.2 Å². The molecule has 29 heavy (non-hydrogen) atoms. The van der Waals surface area contributed by atoms with Crippen LogP contribution in [0.2, 0.25) is 0 Å². The molecule has 150 valence electrons. The Morgan fingerprint density at radius 2 is 1.76 bits per heavy atom. The van der Waals surface area contributed by atoms with Crippen molar-refractivity contribution in [2.24, 2.45) is 0 Å². The van der Waals surface area contributed by atoms with E-state index in [-0.39, 0.29) is 16.5 Å². The van der Waals surface area contributed by atoms with Crippen LogP contribution < -0.4 is 5.56 Å². The molecule has 3 heterocycles. The van der Waals surface area contributed by atoms with Crippen molar-refractivity contribution < 1.29 is 14.6 Å². The fourth-order valence-electron chi connectivity index (χ4n) is 3.56. The molecule has 1 saturated heterocycles. The topological polar surface area (TPSA) is 86.4 Å². The van der Waals surface area contributed by atoms with Crippen molar-refractivity contribution in [3.05, 3.63) is 87.1 Å². The molecule has 0 atom stereocenters. The molecule has 0 unspecified atom stereocenters. The summed E-state index contributed by atoms with van der Waals surface area (Å²) in [6.45, 7) is 5.88. The lowest BCUT2D eigenvalue weighted by molar-refractivity contribution is -0.0527. The molecule has 0 amide bonds. The standard InChI is InChI=1S/C22H23N3O4/c1-15-3-8-19(26)24(9-15)10-16-4-6-17(7-5-16)11-25-12-18(21(27)28)20(23-25)22(2)13-29-14-22/h3-9,12H,10-11,13-14H2,1-2H3,(H,27,28). The SMILES string of the molecule is Cc1ccc(=O)n(Cc2ccc(Cn3cc(C(=O)O)c(C4(C)COC4)n3)cc2)c1. The van der Waals surface area contributed by atoms with Crippen molar-refractivity contribution in [3.63, 3.8) is 0 Å². The third kappa shape index (κ3) is 3.86. The lowest BCUT2D eigenvalue weighted by atomic mass is 9.83. The smallest absolute Gasteiger partial charge is 0.339 e. The summed E-state index contributed by atoms with van der Waals surface area (Å²) < 4.78 is 8.62. The average Bonchev–Trinajstić information content (AvgIpc) is 3.09. The van der Waals surface area contributed by atoms with Crippen LogP contribution in [0.4, 0.5) is 0 Å². The van der Waals surface area contributed by atoms with E-state index in [2.05, 4.69) is 5.10 Å². The highest BCUT2D eigenvalue weighted by Gasteiger charge is 2.41. The first-order valence-corrected chi connectivity index (χ1v) is 9.48. The Balaban J connectivity index is 1.52. The molecule has 1 fully saturated rings. The number of rotatable bonds is 6. The monoisotopic (exact) mass is 393 g/mol. The second kappa shape index (κ2) is 7.33. The maximum atomic E-state index is 12.0. The largest absolute Gasteiger partial charge is 0.478 e. The Kier molecular flexibility index (Phi) is 4.84. The van der Waals surface area contributed by atoms with Crippen LogP contribution in [0, 0.1) is 6.92 Å². The molecular weight excluding hydrogens is 370 g/mol. The van der Waals surface area contributed by atoms with Gasteiger partial charge in [-0.25, -0.2) is 4.79 Å². The van der Waals surface area contributed by atoms with Crippen LogP contribution in [-0.4, -0.2) is 38.6 Å². The minimum absolute atomic E-state index is 0.0292. The number of carboxylic acid groups (broad SMARTS) is 1. The highest BCUT2D eigenvalue weighted by molar-refractivity contribution is 5.89. The van der Waals surface area contributed by atoms with Gasteiger partial charge < -0.3 is 14.4 Å². The molecule has 0 saturated carbocycles. The Hall–Kier alpha value is -3.19. The average molecular weight is 393 g/mol. The number of carbonyl (C=O) groups is 1. The van der Waals surface area contributed by atoms with Gasteiger partial charge in [0.05, 0.1) is 37.4 Å². The molecule has 1 N–H and O–H groups in total. The van der Waals surface area contributed by atoms with Gasteiger partial charge in [0.2, 0.25) is 0 Å². The number of hydrogen-bond acceptors (Lipinski definition) is 4. The molecule has 0 radical (unpaired) electrons. The first-order valence-electron chi connectivity index (χ1n) is 9.48. The van der Waals surface area contributed by atoms with E-state index >= 15 is 0 Å². The van der Waals surface area contributed by atoms with Gasteiger partial charge in [-0.2, -0.15) is 5.10 Å². The summed E-state index contributed by atoms with van der Waals surface area (Å²) in [6.07, 6.45) is 3.43. The van der Waals surface area contributed by atoms with Crippen LogP contribution in [0.25, 0.3) is 0 Å². The molecule has 7 nitrogen and oxygen atoms in total. The summed E-state index contributed by atoms with van der Waals surface area (Å²) >= 11 is 0. The number of benzene rings is 1. The maximum Gasteiger partial charge on any atom is 0.339 e. The fraction of sp³-hybridized carbons (Fsp3) is 0.318. The number of aromatic nitrogens is 3. The van der Waals surface area contributed by atoms with Crippen molar-refractivity contribution in [1.29, 1.82) is 0 Å². The molecule has 7 heteroatoms. The van der Waals surface area contributed by atoms with E-state index in [1.54, 1.807) is 21.5 Å². The normalized spacial score (nSPS) is 15.1. The zero-order valence-electron chi connectivity index (χ0n) is 16.5.